The van der Waals surface area contributed by atoms with E-state index in [0.29, 0.717) is 23.4 Å². The summed E-state index contributed by atoms with van der Waals surface area (Å²) < 4.78 is 0. The van der Waals surface area contributed by atoms with Gasteiger partial charge >= 0.3 is 0 Å². The van der Waals surface area contributed by atoms with Crippen molar-refractivity contribution in [2.24, 2.45) is 17.3 Å². The van der Waals surface area contributed by atoms with Crippen LogP contribution in [-0.2, 0) is 6.42 Å². The van der Waals surface area contributed by atoms with Gasteiger partial charge in [0.25, 0.3) is 0 Å². The van der Waals surface area contributed by atoms with Gasteiger partial charge in [-0.3, -0.25) is 0 Å². The Morgan fingerprint density at radius 2 is 2.00 bits per heavy atom. The lowest BCUT2D eigenvalue weighted by Gasteiger charge is -2.50. The van der Waals surface area contributed by atoms with Crippen LogP contribution in [0.15, 0.2) is 12.1 Å². The van der Waals surface area contributed by atoms with Crippen LogP contribution in [0.4, 0.5) is 5.69 Å². The molecular formula is C18H25NO2. The molecule has 3 heteroatoms. The second-order valence-electron chi connectivity index (χ2n) is 7.62. The summed E-state index contributed by atoms with van der Waals surface area (Å²) in [5, 5.41) is 20.2. The van der Waals surface area contributed by atoms with Crippen LogP contribution in [-0.4, -0.2) is 16.3 Å². The van der Waals surface area contributed by atoms with Crippen LogP contribution in [0.25, 0.3) is 0 Å². The third kappa shape index (κ3) is 1.70. The average Bonchev–Trinajstić information content (AvgIpc) is 2.78. The Hall–Kier alpha value is -1.22. The lowest BCUT2D eigenvalue weighted by Crippen LogP contribution is -2.44. The van der Waals surface area contributed by atoms with Crippen molar-refractivity contribution < 1.29 is 10.2 Å². The molecular weight excluding hydrogens is 262 g/mol. The lowest BCUT2D eigenvalue weighted by atomic mass is 9.55. The van der Waals surface area contributed by atoms with Crippen LogP contribution in [0.5, 0.6) is 5.75 Å². The number of phenolic OH excluding ortho intramolecular Hbond substituents is 1. The van der Waals surface area contributed by atoms with Gasteiger partial charge in [0.15, 0.2) is 0 Å². The predicted molar refractivity (Wildman–Crippen MR) is 83.1 cm³/mol. The summed E-state index contributed by atoms with van der Waals surface area (Å²) in [5.74, 6) is 2.12. The molecule has 1 aromatic carbocycles. The van der Waals surface area contributed by atoms with E-state index in [0.717, 1.165) is 32.1 Å². The number of nitrogen functional groups attached to an aromatic ring is 1. The normalized spacial score (nSPS) is 41.2. The van der Waals surface area contributed by atoms with Crippen LogP contribution in [0.1, 0.15) is 56.1 Å². The summed E-state index contributed by atoms with van der Waals surface area (Å²) in [7, 11) is 0. The molecule has 3 nitrogen and oxygen atoms in total. The molecule has 3 aliphatic rings. The van der Waals surface area contributed by atoms with Crippen molar-refractivity contribution in [3.05, 3.63) is 23.3 Å². The minimum atomic E-state index is -0.116. The number of fused-ring (bicyclic) bond motifs is 5. The Morgan fingerprint density at radius 3 is 2.81 bits per heavy atom. The molecule has 21 heavy (non-hydrogen) atoms. The van der Waals surface area contributed by atoms with Crippen LogP contribution in [0, 0.1) is 17.3 Å². The molecule has 4 N–H and O–H groups in total. The van der Waals surface area contributed by atoms with Crippen molar-refractivity contribution in [3.63, 3.8) is 0 Å². The Kier molecular flexibility index (Phi) is 2.81. The maximum atomic E-state index is 10.4. The number of aliphatic hydroxyl groups is 1. The summed E-state index contributed by atoms with van der Waals surface area (Å²) in [5.41, 5.74) is 9.35. The van der Waals surface area contributed by atoms with E-state index in [1.54, 1.807) is 6.07 Å². The molecule has 0 radical (unpaired) electrons. The smallest absolute Gasteiger partial charge is 0.138 e. The number of phenols is 1. The quantitative estimate of drug-likeness (QED) is 0.507. The Labute approximate surface area is 126 Å². The number of aromatic hydroxyl groups is 1. The second kappa shape index (κ2) is 4.39. The first kappa shape index (κ1) is 13.4. The zero-order valence-electron chi connectivity index (χ0n) is 12.7. The third-order valence-corrected chi connectivity index (χ3v) is 6.88. The van der Waals surface area contributed by atoms with Crippen LogP contribution in [0.3, 0.4) is 0 Å². The van der Waals surface area contributed by atoms with E-state index < -0.39 is 0 Å². The van der Waals surface area contributed by atoms with Crippen molar-refractivity contribution in [1.82, 2.24) is 0 Å². The maximum absolute atomic E-state index is 10.4. The maximum Gasteiger partial charge on any atom is 0.138 e. The number of aliphatic hydroxyl groups excluding tert-OH is 1. The molecule has 2 saturated carbocycles. The number of hydrogen-bond donors (Lipinski definition) is 3. The minimum absolute atomic E-state index is 0.116. The van der Waals surface area contributed by atoms with Gasteiger partial charge in [0.2, 0.25) is 0 Å². The largest absolute Gasteiger partial charge is 0.506 e. The molecule has 0 spiro atoms. The minimum Gasteiger partial charge on any atom is -0.506 e. The lowest BCUT2D eigenvalue weighted by molar-refractivity contribution is -0.0225. The standard InChI is InChI=1S/C18H25NO2/c1-18-9-8-11-10-4-6-15(20)17(19)13(10)3-2-12(11)14(18)5-7-16(18)21/h4,6,11-12,14,16,20-21H,2-3,5,7-9,19H2,1H3/t11-,12-,14-,16-,18+/m0/s1. The molecule has 2 fully saturated rings. The number of nitrogens with two attached hydrogens (primary N) is 1. The van der Waals surface area contributed by atoms with Gasteiger partial charge in [-0.15, -0.1) is 0 Å². The molecule has 114 valence electrons. The molecule has 0 saturated heterocycles. The average molecular weight is 287 g/mol. The van der Waals surface area contributed by atoms with Gasteiger partial charge in [0.05, 0.1) is 11.8 Å². The molecule has 0 aliphatic heterocycles. The molecule has 0 amide bonds. The number of rotatable bonds is 0. The van der Waals surface area contributed by atoms with E-state index in [9.17, 15) is 10.2 Å². The van der Waals surface area contributed by atoms with Crippen molar-refractivity contribution in [1.29, 1.82) is 0 Å². The van der Waals surface area contributed by atoms with Gasteiger partial charge in [-0.2, -0.15) is 0 Å². The van der Waals surface area contributed by atoms with E-state index in [1.807, 2.05) is 0 Å². The molecule has 0 bridgehead atoms. The van der Waals surface area contributed by atoms with Crippen molar-refractivity contribution in [2.45, 2.75) is 57.5 Å². The molecule has 4 rings (SSSR count). The van der Waals surface area contributed by atoms with Crippen LogP contribution in [0.2, 0.25) is 0 Å². The Morgan fingerprint density at radius 1 is 1.19 bits per heavy atom. The first-order valence-electron chi connectivity index (χ1n) is 8.30. The highest BCUT2D eigenvalue weighted by Crippen LogP contribution is 2.61. The molecule has 0 aromatic heterocycles. The molecule has 0 heterocycles. The van der Waals surface area contributed by atoms with Gasteiger partial charge < -0.3 is 15.9 Å². The van der Waals surface area contributed by atoms with E-state index in [4.69, 9.17) is 5.73 Å². The summed E-state index contributed by atoms with van der Waals surface area (Å²) in [6, 6.07) is 3.85. The second-order valence-corrected chi connectivity index (χ2v) is 7.62. The van der Waals surface area contributed by atoms with Gasteiger partial charge in [-0.25, -0.2) is 0 Å². The van der Waals surface area contributed by atoms with Gasteiger partial charge in [0.1, 0.15) is 5.75 Å². The fraction of sp³-hybridized carbons (Fsp3) is 0.667. The zero-order valence-corrected chi connectivity index (χ0v) is 12.7. The van der Waals surface area contributed by atoms with Crippen molar-refractivity contribution in [2.75, 3.05) is 5.73 Å². The topological polar surface area (TPSA) is 66.5 Å². The Balaban J connectivity index is 1.74. The molecule has 3 aliphatic carbocycles. The van der Waals surface area contributed by atoms with Gasteiger partial charge in [0, 0.05) is 0 Å². The SMILES string of the molecule is C[C@@]12CC[C@H]3c4ccc(O)c(N)c4CC[C@@H]3[C@@H]1CC[C@@H]2O. The first-order valence-corrected chi connectivity index (χ1v) is 8.30. The van der Waals surface area contributed by atoms with Gasteiger partial charge in [-0.1, -0.05) is 13.0 Å². The highest BCUT2D eigenvalue weighted by Gasteiger charge is 2.54. The van der Waals surface area contributed by atoms with Crippen molar-refractivity contribution in [3.8, 4) is 5.75 Å². The molecule has 0 unspecified atom stereocenters. The number of benzene rings is 1. The van der Waals surface area contributed by atoms with E-state index in [2.05, 4.69) is 13.0 Å². The number of anilines is 1. The van der Waals surface area contributed by atoms with Crippen LogP contribution < -0.4 is 5.73 Å². The van der Waals surface area contributed by atoms with E-state index >= 15 is 0 Å². The summed E-state index contributed by atoms with van der Waals surface area (Å²) in [4.78, 5) is 0. The van der Waals surface area contributed by atoms with Crippen molar-refractivity contribution >= 4 is 5.69 Å². The monoisotopic (exact) mass is 287 g/mol. The Bertz CT molecular complexity index is 585. The van der Waals surface area contributed by atoms with Gasteiger partial charge in [-0.05, 0) is 78.9 Å². The summed E-state index contributed by atoms with van der Waals surface area (Å²) in [6.45, 7) is 2.30. The van der Waals surface area contributed by atoms with E-state index in [-0.39, 0.29) is 17.3 Å². The van der Waals surface area contributed by atoms with Crippen LogP contribution >= 0.6 is 0 Å². The first-order chi connectivity index (χ1) is 10.0. The molecule has 5 atom stereocenters. The number of hydrogen-bond acceptors (Lipinski definition) is 3. The predicted octanol–water partition coefficient (Wildman–Crippen LogP) is 3.19. The third-order valence-electron chi connectivity index (χ3n) is 6.88. The molecule has 1 aromatic rings. The van der Waals surface area contributed by atoms with E-state index in [1.165, 1.54) is 17.5 Å². The zero-order chi connectivity index (χ0) is 14.8. The summed E-state index contributed by atoms with van der Waals surface area (Å²) >= 11 is 0. The highest BCUT2D eigenvalue weighted by molar-refractivity contribution is 5.62. The summed E-state index contributed by atoms with van der Waals surface area (Å²) in [6.07, 6.45) is 6.40. The highest BCUT2D eigenvalue weighted by atomic mass is 16.3. The fourth-order valence-corrected chi connectivity index (χ4v) is 5.66. The fourth-order valence-electron chi connectivity index (χ4n) is 5.66.